The number of hydrogen-bond acceptors (Lipinski definition) is 5. The largest absolute Gasteiger partial charge is 0.366 e. The average molecular weight is 273 g/mol. The highest BCUT2D eigenvalue weighted by molar-refractivity contribution is 5.95. The van der Waals surface area contributed by atoms with Crippen LogP contribution < -0.4 is 10.6 Å². The molecule has 0 aliphatic carbocycles. The number of morpholine rings is 1. The van der Waals surface area contributed by atoms with Gasteiger partial charge in [-0.3, -0.25) is 4.79 Å². The summed E-state index contributed by atoms with van der Waals surface area (Å²) >= 11 is 0. The van der Waals surface area contributed by atoms with Gasteiger partial charge in [-0.2, -0.15) is 5.10 Å². The van der Waals surface area contributed by atoms with Crippen molar-refractivity contribution in [2.24, 2.45) is 0 Å². The van der Waals surface area contributed by atoms with Gasteiger partial charge in [-0.05, 0) is 18.2 Å². The summed E-state index contributed by atoms with van der Waals surface area (Å²) in [5.74, 6) is 0.397. The van der Waals surface area contributed by atoms with Gasteiger partial charge in [0.2, 0.25) is 0 Å². The van der Waals surface area contributed by atoms with E-state index in [0.29, 0.717) is 24.7 Å². The molecule has 7 heteroatoms. The number of pyridine rings is 1. The quantitative estimate of drug-likeness (QED) is 0.834. The lowest BCUT2D eigenvalue weighted by Crippen LogP contribution is -2.45. The highest BCUT2D eigenvalue weighted by Gasteiger charge is 2.22. The van der Waals surface area contributed by atoms with Gasteiger partial charge in [0.15, 0.2) is 5.82 Å². The molecule has 3 heterocycles. The normalized spacial score (nSPS) is 18.7. The number of nitrogens with one attached hydrogen (secondary N) is 2. The van der Waals surface area contributed by atoms with Gasteiger partial charge in [-0.15, -0.1) is 0 Å². The Morgan fingerprint density at radius 2 is 2.40 bits per heavy atom. The predicted molar refractivity (Wildman–Crippen MR) is 72.6 cm³/mol. The Bertz CT molecular complexity index is 578. The standard InChI is InChI=1S/C13H15N5O2/c19-13(11-9-14-6-8-20-11)17-10-3-1-4-15-12(10)18-7-2-5-16-18/h1-5,7,11,14H,6,8-9H2,(H,17,19). The van der Waals surface area contributed by atoms with E-state index in [1.54, 1.807) is 41.5 Å². The van der Waals surface area contributed by atoms with Gasteiger partial charge < -0.3 is 15.4 Å². The van der Waals surface area contributed by atoms with E-state index in [0.717, 1.165) is 6.54 Å². The second-order valence-corrected chi connectivity index (χ2v) is 4.38. The highest BCUT2D eigenvalue weighted by Crippen LogP contribution is 2.16. The van der Waals surface area contributed by atoms with Gasteiger partial charge in [0.1, 0.15) is 6.10 Å². The van der Waals surface area contributed by atoms with Crippen molar-refractivity contribution in [2.45, 2.75) is 6.10 Å². The van der Waals surface area contributed by atoms with Crippen LogP contribution in [-0.4, -0.2) is 46.5 Å². The van der Waals surface area contributed by atoms with Gasteiger partial charge in [-0.25, -0.2) is 9.67 Å². The first-order chi connectivity index (χ1) is 9.84. The van der Waals surface area contributed by atoms with Crippen LogP contribution in [0.15, 0.2) is 36.8 Å². The zero-order chi connectivity index (χ0) is 13.8. The van der Waals surface area contributed by atoms with Crippen LogP contribution in [0.3, 0.4) is 0 Å². The Labute approximate surface area is 116 Å². The number of ether oxygens (including phenoxy) is 1. The molecule has 1 atom stereocenters. The van der Waals surface area contributed by atoms with Crippen molar-refractivity contribution in [1.29, 1.82) is 0 Å². The highest BCUT2D eigenvalue weighted by atomic mass is 16.5. The van der Waals surface area contributed by atoms with Crippen molar-refractivity contribution in [3.05, 3.63) is 36.8 Å². The van der Waals surface area contributed by atoms with Crippen LogP contribution in [-0.2, 0) is 9.53 Å². The van der Waals surface area contributed by atoms with Crippen LogP contribution in [0, 0.1) is 0 Å². The number of aromatic nitrogens is 3. The number of anilines is 1. The minimum absolute atomic E-state index is 0.182. The molecule has 7 nitrogen and oxygen atoms in total. The fraction of sp³-hybridized carbons (Fsp3) is 0.308. The SMILES string of the molecule is O=C(Nc1cccnc1-n1cccn1)C1CNCCO1. The molecule has 2 aromatic rings. The Hall–Kier alpha value is -2.25. The summed E-state index contributed by atoms with van der Waals surface area (Å²) in [4.78, 5) is 16.4. The second-order valence-electron chi connectivity index (χ2n) is 4.38. The smallest absolute Gasteiger partial charge is 0.254 e. The summed E-state index contributed by atoms with van der Waals surface area (Å²) in [5, 5.41) is 10.1. The molecule has 2 aromatic heterocycles. The summed E-state index contributed by atoms with van der Waals surface area (Å²) in [6, 6.07) is 5.36. The molecule has 2 N–H and O–H groups in total. The molecule has 1 saturated heterocycles. The van der Waals surface area contributed by atoms with Crippen LogP contribution in [0.5, 0.6) is 0 Å². The first-order valence-corrected chi connectivity index (χ1v) is 6.43. The van der Waals surface area contributed by atoms with Crippen molar-refractivity contribution in [3.8, 4) is 5.82 Å². The third-order valence-electron chi connectivity index (χ3n) is 2.99. The summed E-state index contributed by atoms with van der Waals surface area (Å²) in [7, 11) is 0. The molecule has 1 aliphatic rings. The number of rotatable bonds is 3. The summed E-state index contributed by atoms with van der Waals surface area (Å²) in [5.41, 5.74) is 0.607. The lowest BCUT2D eigenvalue weighted by atomic mass is 10.2. The fourth-order valence-corrected chi connectivity index (χ4v) is 2.02. The number of carbonyl (C=O) groups is 1. The molecule has 0 bridgehead atoms. The van der Waals surface area contributed by atoms with E-state index < -0.39 is 6.10 Å². The second kappa shape index (κ2) is 5.81. The third-order valence-corrected chi connectivity index (χ3v) is 2.99. The van der Waals surface area contributed by atoms with E-state index in [4.69, 9.17) is 4.74 Å². The van der Waals surface area contributed by atoms with E-state index in [1.807, 2.05) is 0 Å². The molecule has 1 aliphatic heterocycles. The minimum atomic E-state index is -0.477. The van der Waals surface area contributed by atoms with E-state index in [9.17, 15) is 4.79 Å². The predicted octanol–water partition coefficient (Wildman–Crippen LogP) is 0.194. The van der Waals surface area contributed by atoms with Gasteiger partial charge in [-0.1, -0.05) is 0 Å². The van der Waals surface area contributed by atoms with Gasteiger partial charge >= 0.3 is 0 Å². The topological polar surface area (TPSA) is 81.1 Å². The number of carbonyl (C=O) groups excluding carboxylic acids is 1. The monoisotopic (exact) mass is 273 g/mol. The van der Waals surface area contributed by atoms with Gasteiger partial charge in [0, 0.05) is 31.7 Å². The molecule has 104 valence electrons. The maximum Gasteiger partial charge on any atom is 0.254 e. The van der Waals surface area contributed by atoms with E-state index >= 15 is 0 Å². The minimum Gasteiger partial charge on any atom is -0.366 e. The van der Waals surface area contributed by atoms with Crippen LogP contribution in [0.4, 0.5) is 5.69 Å². The van der Waals surface area contributed by atoms with Crippen LogP contribution in [0.2, 0.25) is 0 Å². The molecular weight excluding hydrogens is 258 g/mol. The molecule has 0 spiro atoms. The summed E-state index contributed by atoms with van der Waals surface area (Å²) in [6.45, 7) is 1.83. The van der Waals surface area contributed by atoms with Gasteiger partial charge in [0.25, 0.3) is 5.91 Å². The zero-order valence-electron chi connectivity index (χ0n) is 10.8. The van der Waals surface area contributed by atoms with Crippen LogP contribution in [0.1, 0.15) is 0 Å². The van der Waals surface area contributed by atoms with Crippen molar-refractivity contribution in [2.75, 3.05) is 25.0 Å². The molecule has 1 fully saturated rings. The number of amides is 1. The lowest BCUT2D eigenvalue weighted by molar-refractivity contribution is -0.128. The van der Waals surface area contributed by atoms with Crippen molar-refractivity contribution >= 4 is 11.6 Å². The van der Waals surface area contributed by atoms with Crippen LogP contribution >= 0.6 is 0 Å². The Kier molecular flexibility index (Phi) is 3.71. The summed E-state index contributed by atoms with van der Waals surface area (Å²) in [6.07, 6.45) is 4.62. The molecular formula is C13H15N5O2. The Balaban J connectivity index is 1.79. The number of hydrogen-bond donors (Lipinski definition) is 2. The first kappa shape index (κ1) is 12.8. The van der Waals surface area contributed by atoms with Crippen molar-refractivity contribution < 1.29 is 9.53 Å². The number of nitrogens with zero attached hydrogens (tertiary/aromatic N) is 3. The maximum absolute atomic E-state index is 12.2. The molecule has 1 amide bonds. The van der Waals surface area contributed by atoms with Crippen LogP contribution in [0.25, 0.3) is 5.82 Å². The van der Waals surface area contributed by atoms with E-state index in [1.165, 1.54) is 0 Å². The lowest BCUT2D eigenvalue weighted by Gasteiger charge is -2.23. The van der Waals surface area contributed by atoms with Gasteiger partial charge in [0.05, 0.1) is 12.3 Å². The Morgan fingerprint density at radius 3 is 3.15 bits per heavy atom. The zero-order valence-corrected chi connectivity index (χ0v) is 10.8. The third kappa shape index (κ3) is 2.68. The van der Waals surface area contributed by atoms with E-state index in [2.05, 4.69) is 20.7 Å². The first-order valence-electron chi connectivity index (χ1n) is 6.43. The molecule has 1 unspecified atom stereocenters. The van der Waals surface area contributed by atoms with E-state index in [-0.39, 0.29) is 5.91 Å². The molecule has 3 rings (SSSR count). The molecule has 0 aromatic carbocycles. The molecule has 0 radical (unpaired) electrons. The maximum atomic E-state index is 12.2. The Morgan fingerprint density at radius 1 is 1.45 bits per heavy atom. The average Bonchev–Trinajstić information content (AvgIpc) is 3.03. The fourth-order valence-electron chi connectivity index (χ4n) is 2.02. The van der Waals surface area contributed by atoms with Crippen molar-refractivity contribution in [1.82, 2.24) is 20.1 Å². The van der Waals surface area contributed by atoms with Crippen molar-refractivity contribution in [3.63, 3.8) is 0 Å². The molecule has 20 heavy (non-hydrogen) atoms. The summed E-state index contributed by atoms with van der Waals surface area (Å²) < 4.78 is 7.03. The molecule has 0 saturated carbocycles.